The van der Waals surface area contributed by atoms with Gasteiger partial charge < -0.3 is 14.2 Å². The van der Waals surface area contributed by atoms with Crippen molar-refractivity contribution in [3.63, 3.8) is 0 Å². The third-order valence-electron chi connectivity index (χ3n) is 7.85. The lowest BCUT2D eigenvalue weighted by atomic mass is 10.0. The second-order valence-corrected chi connectivity index (χ2v) is 10.4. The van der Waals surface area contributed by atoms with Gasteiger partial charge in [0.05, 0.1) is 58.3 Å². The van der Waals surface area contributed by atoms with Gasteiger partial charge in [-0.2, -0.15) is 5.10 Å². The van der Waals surface area contributed by atoms with Crippen LogP contribution in [0.1, 0.15) is 43.9 Å². The van der Waals surface area contributed by atoms with Crippen LogP contribution in [-0.2, 0) is 17.0 Å². The second-order valence-electron chi connectivity index (χ2n) is 10.1. The van der Waals surface area contributed by atoms with Gasteiger partial charge in [-0.15, -0.1) is 11.6 Å². The summed E-state index contributed by atoms with van der Waals surface area (Å²) in [4.78, 5) is 0. The van der Waals surface area contributed by atoms with Gasteiger partial charge in [-0.05, 0) is 49.1 Å². The van der Waals surface area contributed by atoms with Crippen molar-refractivity contribution in [2.45, 2.75) is 50.9 Å². The molecule has 7 heteroatoms. The number of nitrogens with zero attached hydrogens (tertiary/aromatic N) is 3. The van der Waals surface area contributed by atoms with Crippen molar-refractivity contribution in [2.24, 2.45) is 5.92 Å². The van der Waals surface area contributed by atoms with Gasteiger partial charge in [-0.25, -0.2) is 4.52 Å². The van der Waals surface area contributed by atoms with E-state index in [0.717, 1.165) is 71.2 Å². The molecule has 35 heavy (non-hydrogen) atoms. The van der Waals surface area contributed by atoms with E-state index in [1.54, 1.807) is 14.2 Å². The second kappa shape index (κ2) is 10.00. The van der Waals surface area contributed by atoms with E-state index in [-0.39, 0.29) is 0 Å². The topological polar surface area (TPSA) is 45.0 Å². The van der Waals surface area contributed by atoms with E-state index in [0.29, 0.717) is 11.9 Å². The zero-order chi connectivity index (χ0) is 24.6. The van der Waals surface area contributed by atoms with Crippen LogP contribution in [0.4, 0.5) is 5.69 Å². The Hall–Kier alpha value is -2.28. The van der Waals surface area contributed by atoms with Gasteiger partial charge >= 0.3 is 0 Å². The monoisotopic (exact) mass is 498 g/mol. The zero-order valence-electron chi connectivity index (χ0n) is 21.3. The number of halogens is 1. The Labute approximate surface area is 213 Å². The van der Waals surface area contributed by atoms with Crippen LogP contribution in [0, 0.1) is 5.92 Å². The highest BCUT2D eigenvalue weighted by molar-refractivity contribution is 6.17. The number of benzene rings is 1. The summed E-state index contributed by atoms with van der Waals surface area (Å²) >= 11 is 6.15. The summed E-state index contributed by atoms with van der Waals surface area (Å²) < 4.78 is 20.4. The fraction of sp³-hybridized carbons (Fsp3) is 0.536. The molecule has 2 aromatic heterocycles. The number of alkyl halides is 1. The lowest BCUT2D eigenvalue weighted by Gasteiger charge is -2.43. The molecule has 1 atom stereocenters. The van der Waals surface area contributed by atoms with Crippen molar-refractivity contribution < 1.29 is 14.2 Å². The fourth-order valence-electron chi connectivity index (χ4n) is 5.90. The number of aromatic nitrogens is 2. The van der Waals surface area contributed by atoms with Gasteiger partial charge in [0.2, 0.25) is 0 Å². The first-order chi connectivity index (χ1) is 17.0. The third-order valence-corrected chi connectivity index (χ3v) is 8.16. The molecule has 1 unspecified atom stereocenters. The molecule has 1 aromatic carbocycles. The zero-order valence-corrected chi connectivity index (χ0v) is 22.1. The van der Waals surface area contributed by atoms with E-state index in [1.807, 2.05) is 12.1 Å². The average Bonchev–Trinajstić information content (AvgIpc) is 3.63. The smallest absolute Gasteiger partial charge is 0.182 e. The molecule has 5 rings (SSSR count). The van der Waals surface area contributed by atoms with Gasteiger partial charge in [-0.3, -0.25) is 4.48 Å². The van der Waals surface area contributed by atoms with Crippen LogP contribution in [0.25, 0.3) is 16.8 Å². The first-order valence-electron chi connectivity index (χ1n) is 12.8. The third kappa shape index (κ3) is 4.41. The molecular formula is C28H37ClN3O3+. The first kappa shape index (κ1) is 24.4. The van der Waals surface area contributed by atoms with Crippen LogP contribution in [0.5, 0.6) is 11.5 Å². The predicted molar refractivity (Wildman–Crippen MR) is 142 cm³/mol. The highest BCUT2D eigenvalue weighted by Crippen LogP contribution is 2.45. The van der Waals surface area contributed by atoms with Gasteiger partial charge in [0, 0.05) is 24.6 Å². The van der Waals surface area contributed by atoms with Crippen molar-refractivity contribution in [3.8, 4) is 22.8 Å². The Morgan fingerprint density at radius 3 is 2.34 bits per heavy atom. The molecule has 0 bridgehead atoms. The number of quaternary nitrogens is 1. The number of rotatable bonds is 9. The summed E-state index contributed by atoms with van der Waals surface area (Å²) in [5.74, 6) is 2.67. The molecule has 2 fully saturated rings. The van der Waals surface area contributed by atoms with E-state index in [4.69, 9.17) is 30.9 Å². The first-order valence-corrected chi connectivity index (χ1v) is 13.3. The molecule has 0 amide bonds. The molecule has 3 heterocycles. The van der Waals surface area contributed by atoms with E-state index < -0.39 is 0 Å². The number of hydrogen-bond donors (Lipinski definition) is 0. The summed E-state index contributed by atoms with van der Waals surface area (Å²) in [7, 11) is 5.82. The molecule has 1 aliphatic carbocycles. The minimum atomic E-state index is 0.394. The van der Waals surface area contributed by atoms with Crippen LogP contribution in [0.2, 0.25) is 0 Å². The number of aryl methyl sites for hydroxylation is 1. The maximum absolute atomic E-state index is 6.15. The van der Waals surface area contributed by atoms with Gasteiger partial charge in [-0.1, -0.05) is 13.0 Å². The standard InChI is InChI=1S/C28H37ClN3O3/c1-5-22-28(32(2,18-19-9-10-19)21-11-13-35-14-12-21)24-8-6-7-23(31(24)30-22)27-25(33-3)15-20(17-29)16-26(27)34-4/h6-8,15-16,19,21H,5,9-14,17-18H2,1-4H3/q+1. The van der Waals surface area contributed by atoms with E-state index >= 15 is 0 Å². The van der Waals surface area contributed by atoms with Crippen molar-refractivity contribution in [1.82, 2.24) is 14.1 Å². The van der Waals surface area contributed by atoms with Gasteiger partial charge in [0.15, 0.2) is 5.69 Å². The summed E-state index contributed by atoms with van der Waals surface area (Å²) in [5, 5.41) is 5.22. The summed E-state index contributed by atoms with van der Waals surface area (Å²) in [6.07, 6.45) is 5.74. The van der Waals surface area contributed by atoms with Gasteiger partial charge in [0.1, 0.15) is 22.7 Å². The Bertz CT molecular complexity index is 1170. The minimum Gasteiger partial charge on any atom is -0.496 e. The quantitative estimate of drug-likeness (QED) is 0.274. The van der Waals surface area contributed by atoms with Crippen LogP contribution >= 0.6 is 11.6 Å². The van der Waals surface area contributed by atoms with Crippen LogP contribution in [0.3, 0.4) is 0 Å². The Morgan fingerprint density at radius 2 is 1.77 bits per heavy atom. The van der Waals surface area contributed by atoms with Gasteiger partial charge in [0.25, 0.3) is 0 Å². The fourth-order valence-corrected chi connectivity index (χ4v) is 6.05. The Morgan fingerprint density at radius 1 is 1.09 bits per heavy atom. The van der Waals surface area contributed by atoms with E-state index in [1.165, 1.54) is 36.3 Å². The van der Waals surface area contributed by atoms with Crippen molar-refractivity contribution in [1.29, 1.82) is 0 Å². The highest BCUT2D eigenvalue weighted by atomic mass is 35.5. The maximum atomic E-state index is 6.15. The van der Waals surface area contributed by atoms with E-state index in [2.05, 4.69) is 36.7 Å². The van der Waals surface area contributed by atoms with Crippen molar-refractivity contribution >= 4 is 22.8 Å². The normalized spacial score (nSPS) is 18.5. The molecule has 1 saturated carbocycles. The minimum absolute atomic E-state index is 0.394. The Balaban J connectivity index is 1.73. The molecule has 6 nitrogen and oxygen atoms in total. The average molecular weight is 499 g/mol. The molecular weight excluding hydrogens is 462 g/mol. The van der Waals surface area contributed by atoms with Crippen molar-refractivity contribution in [2.75, 3.05) is 41.0 Å². The lowest BCUT2D eigenvalue weighted by Crippen LogP contribution is -2.57. The number of fused-ring (bicyclic) bond motifs is 1. The molecule has 1 aliphatic heterocycles. The van der Waals surface area contributed by atoms with Crippen LogP contribution in [-0.4, -0.2) is 56.7 Å². The molecule has 188 valence electrons. The Kier molecular flexibility index (Phi) is 6.97. The molecule has 1 saturated heterocycles. The number of methoxy groups -OCH3 is 2. The molecule has 0 N–H and O–H groups in total. The SMILES string of the molecule is CCc1nn2c(-c3c(OC)cc(CCl)cc3OC)cccc2c1[N+](C)(CC1CC1)C1CCOCC1. The number of ether oxygens (including phenoxy) is 3. The predicted octanol–water partition coefficient (Wildman–Crippen LogP) is 5.85. The summed E-state index contributed by atoms with van der Waals surface area (Å²) in [6.45, 7) is 5.07. The highest BCUT2D eigenvalue weighted by Gasteiger charge is 2.44. The maximum Gasteiger partial charge on any atom is 0.182 e. The lowest BCUT2D eigenvalue weighted by molar-refractivity contribution is 0.0436. The van der Waals surface area contributed by atoms with Crippen molar-refractivity contribution in [3.05, 3.63) is 41.6 Å². The number of pyridine rings is 1. The molecule has 3 aromatic rings. The summed E-state index contributed by atoms with van der Waals surface area (Å²) in [6, 6.07) is 11.0. The number of hydrogen-bond acceptors (Lipinski definition) is 4. The molecule has 0 radical (unpaired) electrons. The van der Waals surface area contributed by atoms with Crippen LogP contribution < -0.4 is 14.0 Å². The van der Waals surface area contributed by atoms with Crippen LogP contribution in [0.15, 0.2) is 30.3 Å². The summed E-state index contributed by atoms with van der Waals surface area (Å²) in [5.41, 5.74) is 6.52. The molecule has 2 aliphatic rings. The molecule has 0 spiro atoms. The largest absolute Gasteiger partial charge is 0.496 e. The van der Waals surface area contributed by atoms with E-state index in [9.17, 15) is 0 Å².